The van der Waals surface area contributed by atoms with E-state index in [9.17, 15) is 13.2 Å². The summed E-state index contributed by atoms with van der Waals surface area (Å²) in [5.74, 6) is -1.49. The molecule has 5 nitrogen and oxygen atoms in total. The summed E-state index contributed by atoms with van der Waals surface area (Å²) in [6, 6.07) is 9.04. The van der Waals surface area contributed by atoms with Crippen molar-refractivity contribution in [3.8, 4) is 0 Å². The SMILES string of the molecule is COC(=O)C(C)CS(=O)(=O)Cc1ccc2ncccc2c1. The maximum atomic E-state index is 12.1. The molecule has 0 bridgehead atoms. The van der Waals surface area contributed by atoms with E-state index in [0.29, 0.717) is 5.56 Å². The zero-order valence-corrected chi connectivity index (χ0v) is 12.8. The van der Waals surface area contributed by atoms with Gasteiger partial charge < -0.3 is 4.74 Å². The third-order valence-corrected chi connectivity index (χ3v) is 4.94. The Hall–Kier alpha value is -1.95. The highest BCUT2D eigenvalue weighted by Gasteiger charge is 2.22. The van der Waals surface area contributed by atoms with Gasteiger partial charge in [-0.15, -0.1) is 0 Å². The Labute approximate surface area is 123 Å². The second-order valence-corrected chi connectivity index (χ2v) is 7.12. The number of aromatic nitrogens is 1. The van der Waals surface area contributed by atoms with Gasteiger partial charge in [-0.1, -0.05) is 19.1 Å². The van der Waals surface area contributed by atoms with Crippen LogP contribution < -0.4 is 0 Å². The summed E-state index contributed by atoms with van der Waals surface area (Å²) in [6.45, 7) is 1.55. The summed E-state index contributed by atoms with van der Waals surface area (Å²) in [4.78, 5) is 15.5. The van der Waals surface area contributed by atoms with Crippen LogP contribution in [0, 0.1) is 5.92 Å². The first-order chi connectivity index (χ1) is 9.91. The van der Waals surface area contributed by atoms with Gasteiger partial charge in [0.1, 0.15) is 0 Å². The average molecular weight is 307 g/mol. The van der Waals surface area contributed by atoms with Gasteiger partial charge in [-0.3, -0.25) is 9.78 Å². The maximum Gasteiger partial charge on any atom is 0.309 e. The number of rotatable bonds is 5. The molecule has 0 aliphatic carbocycles. The highest BCUT2D eigenvalue weighted by Crippen LogP contribution is 2.17. The molecule has 1 aromatic heterocycles. The molecule has 1 aromatic carbocycles. The monoisotopic (exact) mass is 307 g/mol. The molecule has 0 saturated heterocycles. The number of pyridine rings is 1. The normalized spacial score (nSPS) is 13.0. The van der Waals surface area contributed by atoms with Gasteiger partial charge in [0.2, 0.25) is 0 Å². The van der Waals surface area contributed by atoms with Crippen LogP contribution in [0.1, 0.15) is 12.5 Å². The number of hydrogen-bond donors (Lipinski definition) is 0. The first kappa shape index (κ1) is 15.4. The Morgan fingerprint density at radius 2 is 2.10 bits per heavy atom. The Kier molecular flexibility index (Phi) is 4.57. The van der Waals surface area contributed by atoms with Crippen molar-refractivity contribution in [3.63, 3.8) is 0 Å². The second kappa shape index (κ2) is 6.22. The summed E-state index contributed by atoms with van der Waals surface area (Å²) in [5, 5.41) is 0.895. The zero-order chi connectivity index (χ0) is 15.5. The summed E-state index contributed by atoms with van der Waals surface area (Å²) in [6.07, 6.45) is 1.69. The lowest BCUT2D eigenvalue weighted by atomic mass is 10.1. The topological polar surface area (TPSA) is 73.3 Å². The van der Waals surface area contributed by atoms with Crippen molar-refractivity contribution < 1.29 is 17.9 Å². The summed E-state index contributed by atoms with van der Waals surface area (Å²) >= 11 is 0. The fourth-order valence-electron chi connectivity index (χ4n) is 2.18. The van der Waals surface area contributed by atoms with Crippen LogP contribution in [-0.2, 0) is 25.1 Å². The van der Waals surface area contributed by atoms with Crippen molar-refractivity contribution in [2.24, 2.45) is 5.92 Å². The Morgan fingerprint density at radius 3 is 2.81 bits per heavy atom. The molecule has 0 aliphatic rings. The van der Waals surface area contributed by atoms with Crippen LogP contribution in [0.25, 0.3) is 10.9 Å². The molecule has 1 atom stereocenters. The minimum absolute atomic E-state index is 0.0980. The fourth-order valence-corrected chi connectivity index (χ4v) is 3.88. The minimum atomic E-state index is -3.38. The molecule has 2 aromatic rings. The number of carbonyl (C=O) groups excluding carboxylic acids is 1. The molecule has 112 valence electrons. The van der Waals surface area contributed by atoms with E-state index in [1.807, 2.05) is 12.1 Å². The van der Waals surface area contributed by atoms with Crippen molar-refractivity contribution in [2.75, 3.05) is 12.9 Å². The van der Waals surface area contributed by atoms with Crippen LogP contribution >= 0.6 is 0 Å². The molecule has 1 unspecified atom stereocenters. The smallest absolute Gasteiger partial charge is 0.309 e. The van der Waals surface area contributed by atoms with E-state index in [2.05, 4.69) is 9.72 Å². The molecule has 6 heteroatoms. The average Bonchev–Trinajstić information content (AvgIpc) is 2.45. The third kappa shape index (κ3) is 4.01. The molecule has 0 spiro atoms. The number of nitrogens with zero attached hydrogens (tertiary/aromatic N) is 1. The Bertz CT molecular complexity index is 755. The van der Waals surface area contributed by atoms with E-state index in [1.165, 1.54) is 7.11 Å². The molecular weight excluding hydrogens is 290 g/mol. The second-order valence-electron chi connectivity index (χ2n) is 5.01. The van der Waals surface area contributed by atoms with Crippen molar-refractivity contribution in [2.45, 2.75) is 12.7 Å². The molecule has 0 radical (unpaired) electrons. The standard InChI is InChI=1S/C15H17NO4S/c1-11(15(17)20-2)9-21(18,19)10-12-5-6-14-13(8-12)4-3-7-16-14/h3-8,11H,9-10H2,1-2H3. The minimum Gasteiger partial charge on any atom is -0.469 e. The molecule has 1 heterocycles. The lowest BCUT2D eigenvalue weighted by Crippen LogP contribution is -2.23. The number of esters is 1. The molecule has 0 aliphatic heterocycles. The molecule has 21 heavy (non-hydrogen) atoms. The number of methoxy groups -OCH3 is 1. The van der Waals surface area contributed by atoms with Gasteiger partial charge >= 0.3 is 5.97 Å². The first-order valence-corrected chi connectivity index (χ1v) is 8.35. The van der Waals surface area contributed by atoms with Crippen molar-refractivity contribution in [1.82, 2.24) is 4.98 Å². The van der Waals surface area contributed by atoms with Gasteiger partial charge in [0, 0.05) is 11.6 Å². The third-order valence-electron chi connectivity index (χ3n) is 3.16. The lowest BCUT2D eigenvalue weighted by molar-refractivity contribution is -0.144. The Balaban J connectivity index is 2.16. The van der Waals surface area contributed by atoms with E-state index in [1.54, 1.807) is 31.3 Å². The summed E-state index contributed by atoms with van der Waals surface area (Å²) in [7, 11) is -2.13. The van der Waals surface area contributed by atoms with E-state index >= 15 is 0 Å². The van der Waals surface area contributed by atoms with Crippen molar-refractivity contribution in [1.29, 1.82) is 0 Å². The molecular formula is C15H17NO4S. The number of ether oxygens (including phenoxy) is 1. The lowest BCUT2D eigenvalue weighted by Gasteiger charge is -2.10. The number of hydrogen-bond acceptors (Lipinski definition) is 5. The summed E-state index contributed by atoms with van der Waals surface area (Å²) in [5.41, 5.74) is 1.51. The van der Waals surface area contributed by atoms with E-state index in [4.69, 9.17) is 0 Å². The van der Waals surface area contributed by atoms with Gasteiger partial charge in [-0.05, 0) is 23.8 Å². The van der Waals surface area contributed by atoms with Crippen LogP contribution in [0.4, 0.5) is 0 Å². The Morgan fingerprint density at radius 1 is 1.33 bits per heavy atom. The highest BCUT2D eigenvalue weighted by atomic mass is 32.2. The van der Waals surface area contributed by atoms with Gasteiger partial charge in [-0.25, -0.2) is 8.42 Å². The quantitative estimate of drug-likeness (QED) is 0.789. The zero-order valence-electron chi connectivity index (χ0n) is 11.9. The highest BCUT2D eigenvalue weighted by molar-refractivity contribution is 7.90. The fraction of sp³-hybridized carbons (Fsp3) is 0.333. The van der Waals surface area contributed by atoms with E-state index in [-0.39, 0.29) is 11.5 Å². The molecule has 0 fully saturated rings. The van der Waals surface area contributed by atoms with E-state index < -0.39 is 21.7 Å². The predicted octanol–water partition coefficient (Wildman–Crippen LogP) is 1.96. The van der Waals surface area contributed by atoms with Crippen LogP contribution in [0.2, 0.25) is 0 Å². The van der Waals surface area contributed by atoms with Gasteiger partial charge in [0.05, 0.1) is 30.1 Å². The number of carbonyl (C=O) groups is 1. The summed E-state index contributed by atoms with van der Waals surface area (Å²) < 4.78 is 28.8. The van der Waals surface area contributed by atoms with Crippen LogP contribution in [-0.4, -0.2) is 32.2 Å². The first-order valence-electron chi connectivity index (χ1n) is 6.53. The van der Waals surface area contributed by atoms with Gasteiger partial charge in [0.15, 0.2) is 9.84 Å². The maximum absolute atomic E-state index is 12.1. The van der Waals surface area contributed by atoms with E-state index in [0.717, 1.165) is 10.9 Å². The van der Waals surface area contributed by atoms with Crippen LogP contribution in [0.5, 0.6) is 0 Å². The molecule has 0 amide bonds. The van der Waals surface area contributed by atoms with Crippen LogP contribution in [0.15, 0.2) is 36.5 Å². The number of fused-ring (bicyclic) bond motifs is 1. The number of sulfone groups is 1. The molecule has 2 rings (SSSR count). The molecule has 0 saturated carbocycles. The van der Waals surface area contributed by atoms with Gasteiger partial charge in [-0.2, -0.15) is 0 Å². The largest absolute Gasteiger partial charge is 0.469 e. The van der Waals surface area contributed by atoms with Crippen molar-refractivity contribution in [3.05, 3.63) is 42.1 Å². The van der Waals surface area contributed by atoms with Gasteiger partial charge in [0.25, 0.3) is 0 Å². The van der Waals surface area contributed by atoms with Crippen LogP contribution in [0.3, 0.4) is 0 Å². The number of benzene rings is 1. The van der Waals surface area contributed by atoms with Crippen molar-refractivity contribution >= 4 is 26.7 Å². The predicted molar refractivity (Wildman–Crippen MR) is 80.4 cm³/mol. The molecule has 0 N–H and O–H groups in total.